The van der Waals surface area contributed by atoms with Crippen molar-refractivity contribution in [3.63, 3.8) is 0 Å². The van der Waals surface area contributed by atoms with Crippen LogP contribution in [0, 0.1) is 0 Å². The topological polar surface area (TPSA) is 68.9 Å². The van der Waals surface area contributed by atoms with E-state index in [2.05, 4.69) is 43.8 Å². The van der Waals surface area contributed by atoms with Crippen molar-refractivity contribution >= 4 is 33.2 Å². The summed E-state index contributed by atoms with van der Waals surface area (Å²) < 4.78 is 12.1. The number of guanidine groups is 1. The maximum atomic E-state index is 5.91. The average Bonchev–Trinajstić information content (AvgIpc) is 3.06. The predicted molar refractivity (Wildman–Crippen MR) is 96.5 cm³/mol. The van der Waals surface area contributed by atoms with E-state index in [0.29, 0.717) is 25.7 Å². The van der Waals surface area contributed by atoms with Crippen molar-refractivity contribution in [1.29, 1.82) is 0 Å². The Labute approximate surface area is 147 Å². The van der Waals surface area contributed by atoms with Crippen LogP contribution in [0.5, 0.6) is 11.5 Å². The van der Waals surface area contributed by atoms with Gasteiger partial charge >= 0.3 is 0 Å². The summed E-state index contributed by atoms with van der Waals surface area (Å²) in [7, 11) is 0. The molecule has 0 saturated carbocycles. The molecule has 3 N–H and O–H groups in total. The van der Waals surface area contributed by atoms with Crippen molar-refractivity contribution < 1.29 is 9.47 Å². The first-order valence-electron chi connectivity index (χ1n) is 7.36. The van der Waals surface area contributed by atoms with E-state index >= 15 is 0 Å². The quantitative estimate of drug-likeness (QED) is 0.603. The van der Waals surface area contributed by atoms with E-state index in [0.717, 1.165) is 34.5 Å². The summed E-state index contributed by atoms with van der Waals surface area (Å²) in [6, 6.07) is 8.10. The first-order valence-corrected chi connectivity index (χ1v) is 9.04. The number of nitrogens with one attached hydrogen (secondary N) is 1. The third kappa shape index (κ3) is 4.39. The van der Waals surface area contributed by atoms with Crippen LogP contribution in [0.15, 0.2) is 39.1 Å². The van der Waals surface area contributed by atoms with Crippen LogP contribution >= 0.6 is 27.3 Å². The van der Waals surface area contributed by atoms with Crippen LogP contribution in [0.1, 0.15) is 10.4 Å². The number of benzene rings is 1. The van der Waals surface area contributed by atoms with Crippen molar-refractivity contribution in [1.82, 2.24) is 5.32 Å². The summed E-state index contributed by atoms with van der Waals surface area (Å²) in [5, 5.41) is 5.21. The molecule has 1 aromatic carbocycles. The van der Waals surface area contributed by atoms with Crippen LogP contribution in [-0.4, -0.2) is 25.7 Å². The molecule has 1 aromatic heterocycles. The van der Waals surface area contributed by atoms with Gasteiger partial charge in [0.05, 0.1) is 11.0 Å². The molecule has 23 heavy (non-hydrogen) atoms. The van der Waals surface area contributed by atoms with Gasteiger partial charge in [0.2, 0.25) is 0 Å². The van der Waals surface area contributed by atoms with Gasteiger partial charge in [0.15, 0.2) is 17.5 Å². The number of fused-ring (bicyclic) bond motifs is 1. The Balaban J connectivity index is 1.55. The molecule has 0 aliphatic carbocycles. The molecule has 122 valence electrons. The number of hydrogen-bond acceptors (Lipinski definition) is 4. The highest BCUT2D eigenvalue weighted by Gasteiger charge is 2.16. The summed E-state index contributed by atoms with van der Waals surface area (Å²) in [6.07, 6.45) is 0.948. The maximum absolute atomic E-state index is 5.91. The molecule has 2 heterocycles. The zero-order valence-corrected chi connectivity index (χ0v) is 15.0. The monoisotopic (exact) mass is 395 g/mol. The Kier molecular flexibility index (Phi) is 5.40. The minimum atomic E-state index is 0.451. The lowest BCUT2D eigenvalue weighted by atomic mass is 10.2. The molecular weight excluding hydrogens is 378 g/mol. The van der Waals surface area contributed by atoms with Gasteiger partial charge in [-0.2, -0.15) is 0 Å². The van der Waals surface area contributed by atoms with Gasteiger partial charge in [-0.25, -0.2) is 4.99 Å². The molecule has 0 bridgehead atoms. The molecule has 0 saturated heterocycles. The summed E-state index contributed by atoms with van der Waals surface area (Å²) in [5.41, 5.74) is 6.93. The average molecular weight is 396 g/mol. The molecule has 0 unspecified atom stereocenters. The summed E-state index contributed by atoms with van der Waals surface area (Å²) in [6.45, 7) is 2.41. The van der Waals surface area contributed by atoms with Crippen molar-refractivity contribution in [2.24, 2.45) is 10.7 Å². The van der Waals surface area contributed by atoms with Crippen LogP contribution in [0.25, 0.3) is 0 Å². The van der Waals surface area contributed by atoms with Crippen LogP contribution < -0.4 is 20.5 Å². The van der Waals surface area contributed by atoms with Crippen LogP contribution in [0.4, 0.5) is 0 Å². The van der Waals surface area contributed by atoms with E-state index in [1.54, 1.807) is 11.3 Å². The Hall–Kier alpha value is -1.73. The predicted octanol–water partition coefficient (Wildman–Crippen LogP) is 2.93. The minimum absolute atomic E-state index is 0.451. The van der Waals surface area contributed by atoms with E-state index in [9.17, 15) is 0 Å². The van der Waals surface area contributed by atoms with Gasteiger partial charge in [-0.15, -0.1) is 11.3 Å². The molecule has 1 aliphatic rings. The number of thiophene rings is 1. The largest absolute Gasteiger partial charge is 0.486 e. The standard InChI is InChI=1S/C16H18BrN3O2S/c17-13-8-11(9-14-15(13)22-6-5-21-14)10-20-16(18)19-4-3-12-2-1-7-23-12/h1-2,7-9H,3-6,10H2,(H3,18,19,20). The fourth-order valence-corrected chi connectivity index (χ4v) is 3.57. The summed E-state index contributed by atoms with van der Waals surface area (Å²) in [4.78, 5) is 5.71. The second-order valence-electron chi connectivity index (χ2n) is 5.06. The number of rotatable bonds is 5. The van der Waals surface area contributed by atoms with Gasteiger partial charge in [-0.05, 0) is 51.5 Å². The SMILES string of the molecule is NC(=NCc1cc(Br)c2c(c1)OCCO2)NCCc1cccs1. The molecule has 0 spiro atoms. The van der Waals surface area contributed by atoms with Crippen molar-refractivity contribution in [2.45, 2.75) is 13.0 Å². The summed E-state index contributed by atoms with van der Waals surface area (Å²) in [5.74, 6) is 1.96. The first kappa shape index (κ1) is 16.1. The molecule has 3 rings (SSSR count). The molecule has 0 fully saturated rings. The Morgan fingerprint density at radius 1 is 1.35 bits per heavy atom. The highest BCUT2D eigenvalue weighted by Crippen LogP contribution is 2.38. The summed E-state index contributed by atoms with van der Waals surface area (Å²) >= 11 is 5.25. The van der Waals surface area contributed by atoms with Gasteiger partial charge in [0.25, 0.3) is 0 Å². The smallest absolute Gasteiger partial charge is 0.188 e. The van der Waals surface area contributed by atoms with Gasteiger partial charge in [-0.3, -0.25) is 0 Å². The normalized spacial score (nSPS) is 13.9. The highest BCUT2D eigenvalue weighted by molar-refractivity contribution is 9.10. The van der Waals surface area contributed by atoms with E-state index in [1.165, 1.54) is 4.88 Å². The number of nitrogens with two attached hydrogens (primary N) is 1. The van der Waals surface area contributed by atoms with Crippen molar-refractivity contribution in [3.8, 4) is 11.5 Å². The number of nitrogens with zero attached hydrogens (tertiary/aromatic N) is 1. The van der Waals surface area contributed by atoms with E-state index in [1.807, 2.05) is 12.1 Å². The van der Waals surface area contributed by atoms with Crippen LogP contribution in [0.2, 0.25) is 0 Å². The third-order valence-electron chi connectivity index (χ3n) is 3.35. The maximum Gasteiger partial charge on any atom is 0.188 e. The second-order valence-corrected chi connectivity index (χ2v) is 6.95. The number of aliphatic imine (C=N–C) groups is 1. The van der Waals surface area contributed by atoms with Crippen LogP contribution in [-0.2, 0) is 13.0 Å². The zero-order chi connectivity index (χ0) is 16.1. The lowest BCUT2D eigenvalue weighted by Crippen LogP contribution is -2.33. The third-order valence-corrected chi connectivity index (χ3v) is 4.87. The van der Waals surface area contributed by atoms with Crippen LogP contribution in [0.3, 0.4) is 0 Å². The van der Waals surface area contributed by atoms with E-state index in [4.69, 9.17) is 15.2 Å². The number of ether oxygens (including phenoxy) is 2. The van der Waals surface area contributed by atoms with E-state index < -0.39 is 0 Å². The number of halogens is 1. The zero-order valence-electron chi connectivity index (χ0n) is 12.5. The van der Waals surface area contributed by atoms with Gasteiger partial charge in [-0.1, -0.05) is 6.07 Å². The lowest BCUT2D eigenvalue weighted by Gasteiger charge is -2.20. The fourth-order valence-electron chi connectivity index (χ4n) is 2.26. The molecule has 0 amide bonds. The first-order chi connectivity index (χ1) is 11.2. The molecule has 7 heteroatoms. The minimum Gasteiger partial charge on any atom is -0.486 e. The Morgan fingerprint density at radius 2 is 2.22 bits per heavy atom. The Morgan fingerprint density at radius 3 is 3.04 bits per heavy atom. The van der Waals surface area contributed by atoms with Crippen molar-refractivity contribution in [3.05, 3.63) is 44.6 Å². The highest BCUT2D eigenvalue weighted by atomic mass is 79.9. The fraction of sp³-hybridized carbons (Fsp3) is 0.312. The van der Waals surface area contributed by atoms with Crippen molar-refractivity contribution in [2.75, 3.05) is 19.8 Å². The van der Waals surface area contributed by atoms with Gasteiger partial charge in [0, 0.05) is 11.4 Å². The second kappa shape index (κ2) is 7.70. The molecule has 1 aliphatic heterocycles. The molecule has 0 atom stereocenters. The van der Waals surface area contributed by atoms with Gasteiger partial charge < -0.3 is 20.5 Å². The molecule has 5 nitrogen and oxygen atoms in total. The molecular formula is C16H18BrN3O2S. The van der Waals surface area contributed by atoms with Gasteiger partial charge in [0.1, 0.15) is 13.2 Å². The van der Waals surface area contributed by atoms with E-state index in [-0.39, 0.29) is 0 Å². The molecule has 2 aromatic rings. The Bertz CT molecular complexity index is 689. The molecule has 0 radical (unpaired) electrons. The lowest BCUT2D eigenvalue weighted by molar-refractivity contribution is 0.170. The number of hydrogen-bond donors (Lipinski definition) is 2.